The fraction of sp³-hybridized carbons (Fsp3) is 0.600. The molecule has 2 unspecified atom stereocenters. The van der Waals surface area contributed by atoms with E-state index in [-0.39, 0.29) is 0 Å². The number of nitrogens with zero attached hydrogens (tertiary/aromatic N) is 1. The zero-order valence-electron chi connectivity index (χ0n) is 10.7. The molecule has 2 aliphatic rings. The van der Waals surface area contributed by atoms with Crippen LogP contribution in [0.4, 0.5) is 0 Å². The van der Waals surface area contributed by atoms with Crippen LogP contribution in [-0.4, -0.2) is 37.1 Å². The van der Waals surface area contributed by atoms with Gasteiger partial charge in [-0.1, -0.05) is 29.8 Å². The zero-order chi connectivity index (χ0) is 11.7. The largest absolute Gasteiger partial charge is 0.314 e. The van der Waals surface area contributed by atoms with Crippen LogP contribution >= 0.6 is 0 Å². The van der Waals surface area contributed by atoms with Crippen molar-refractivity contribution in [2.45, 2.75) is 31.7 Å². The number of piperazine rings is 1. The smallest absolute Gasteiger partial charge is 0.0221 e. The average Bonchev–Trinajstić information content (AvgIpc) is 2.38. The fourth-order valence-electron chi connectivity index (χ4n) is 3.29. The highest BCUT2D eigenvalue weighted by molar-refractivity contribution is 5.26. The standard InChI is InChI=1S/C15H22N2/c1-12-3-2-4-13(9-12)14-5-6-15-10-16-7-8-17(15)11-14/h2-4,9,14-16H,5-8,10-11H2,1H3. The molecular formula is C15H22N2. The summed E-state index contributed by atoms with van der Waals surface area (Å²) < 4.78 is 0. The lowest BCUT2D eigenvalue weighted by Crippen LogP contribution is -2.54. The molecule has 2 heterocycles. The van der Waals surface area contributed by atoms with Crippen LogP contribution in [-0.2, 0) is 0 Å². The highest BCUT2D eigenvalue weighted by Gasteiger charge is 2.30. The van der Waals surface area contributed by atoms with Gasteiger partial charge in [0, 0.05) is 32.2 Å². The normalized spacial score (nSPS) is 29.9. The summed E-state index contributed by atoms with van der Waals surface area (Å²) in [5.74, 6) is 0.754. The summed E-state index contributed by atoms with van der Waals surface area (Å²) in [7, 11) is 0. The summed E-state index contributed by atoms with van der Waals surface area (Å²) in [6, 6.07) is 9.87. The minimum Gasteiger partial charge on any atom is -0.314 e. The third-order valence-electron chi connectivity index (χ3n) is 4.29. The van der Waals surface area contributed by atoms with Crippen molar-refractivity contribution in [1.29, 1.82) is 0 Å². The minimum atomic E-state index is 0.754. The Morgan fingerprint density at radius 2 is 2.24 bits per heavy atom. The Balaban J connectivity index is 1.73. The van der Waals surface area contributed by atoms with E-state index in [2.05, 4.69) is 41.4 Å². The second kappa shape index (κ2) is 4.79. The SMILES string of the molecule is Cc1cccc(C2CCC3CNCCN3C2)c1. The van der Waals surface area contributed by atoms with E-state index in [0.717, 1.165) is 18.5 Å². The van der Waals surface area contributed by atoms with Gasteiger partial charge in [-0.2, -0.15) is 0 Å². The van der Waals surface area contributed by atoms with Gasteiger partial charge in [-0.3, -0.25) is 4.90 Å². The molecule has 2 heteroatoms. The Labute approximate surface area is 104 Å². The zero-order valence-corrected chi connectivity index (χ0v) is 10.7. The third-order valence-corrected chi connectivity index (χ3v) is 4.29. The molecule has 2 aliphatic heterocycles. The van der Waals surface area contributed by atoms with E-state index in [1.807, 2.05) is 0 Å². The maximum absolute atomic E-state index is 3.51. The first-order valence-electron chi connectivity index (χ1n) is 6.84. The number of fused-ring (bicyclic) bond motifs is 1. The number of nitrogens with one attached hydrogen (secondary N) is 1. The Morgan fingerprint density at radius 1 is 1.29 bits per heavy atom. The topological polar surface area (TPSA) is 15.3 Å². The van der Waals surface area contributed by atoms with Crippen molar-refractivity contribution >= 4 is 0 Å². The van der Waals surface area contributed by atoms with Gasteiger partial charge < -0.3 is 5.32 Å². The molecule has 2 atom stereocenters. The van der Waals surface area contributed by atoms with Crippen LogP contribution < -0.4 is 5.32 Å². The number of hydrogen-bond acceptors (Lipinski definition) is 2. The van der Waals surface area contributed by atoms with Gasteiger partial charge in [-0.25, -0.2) is 0 Å². The van der Waals surface area contributed by atoms with E-state index in [0.29, 0.717) is 0 Å². The molecule has 0 aliphatic carbocycles. The Kier molecular flexibility index (Phi) is 3.17. The molecule has 1 aromatic rings. The molecule has 0 aromatic heterocycles. The second-order valence-electron chi connectivity index (χ2n) is 5.54. The van der Waals surface area contributed by atoms with Gasteiger partial charge in [0.2, 0.25) is 0 Å². The third kappa shape index (κ3) is 2.38. The first-order chi connectivity index (χ1) is 8.33. The van der Waals surface area contributed by atoms with E-state index in [1.54, 1.807) is 5.56 Å². The number of piperidine rings is 1. The van der Waals surface area contributed by atoms with Gasteiger partial charge in [-0.15, -0.1) is 0 Å². The van der Waals surface area contributed by atoms with Crippen LogP contribution in [0.25, 0.3) is 0 Å². The highest BCUT2D eigenvalue weighted by Crippen LogP contribution is 2.30. The molecule has 0 spiro atoms. The van der Waals surface area contributed by atoms with E-state index < -0.39 is 0 Å². The lowest BCUT2D eigenvalue weighted by atomic mass is 9.86. The highest BCUT2D eigenvalue weighted by atomic mass is 15.2. The quantitative estimate of drug-likeness (QED) is 0.795. The molecule has 1 aromatic carbocycles. The molecule has 0 amide bonds. The summed E-state index contributed by atoms with van der Waals surface area (Å²) in [6.45, 7) is 7.04. The Morgan fingerprint density at radius 3 is 3.12 bits per heavy atom. The van der Waals surface area contributed by atoms with Crippen LogP contribution in [0.5, 0.6) is 0 Å². The van der Waals surface area contributed by atoms with Crippen molar-refractivity contribution < 1.29 is 0 Å². The predicted molar refractivity (Wildman–Crippen MR) is 71.4 cm³/mol. The number of hydrogen-bond donors (Lipinski definition) is 1. The van der Waals surface area contributed by atoms with Gasteiger partial charge in [-0.05, 0) is 31.2 Å². The molecule has 0 saturated carbocycles. The van der Waals surface area contributed by atoms with Crippen molar-refractivity contribution in [3.63, 3.8) is 0 Å². The molecule has 1 N–H and O–H groups in total. The maximum atomic E-state index is 3.51. The van der Waals surface area contributed by atoms with Crippen molar-refractivity contribution in [1.82, 2.24) is 10.2 Å². The van der Waals surface area contributed by atoms with Crippen molar-refractivity contribution in [3.8, 4) is 0 Å². The minimum absolute atomic E-state index is 0.754. The summed E-state index contributed by atoms with van der Waals surface area (Å²) in [6.07, 6.45) is 2.71. The fourth-order valence-corrected chi connectivity index (χ4v) is 3.29. The van der Waals surface area contributed by atoms with E-state index in [1.165, 1.54) is 38.0 Å². The van der Waals surface area contributed by atoms with Crippen LogP contribution in [0.2, 0.25) is 0 Å². The summed E-state index contributed by atoms with van der Waals surface area (Å²) in [5.41, 5.74) is 2.94. The molecular weight excluding hydrogens is 208 g/mol. The van der Waals surface area contributed by atoms with Crippen LogP contribution in [0.1, 0.15) is 29.9 Å². The lowest BCUT2D eigenvalue weighted by Gasteiger charge is -2.43. The van der Waals surface area contributed by atoms with Crippen molar-refractivity contribution in [2.24, 2.45) is 0 Å². The lowest BCUT2D eigenvalue weighted by molar-refractivity contribution is 0.107. The second-order valence-corrected chi connectivity index (χ2v) is 5.54. The predicted octanol–water partition coefficient (Wildman–Crippen LogP) is 2.15. The van der Waals surface area contributed by atoms with Crippen molar-refractivity contribution in [3.05, 3.63) is 35.4 Å². The molecule has 2 saturated heterocycles. The van der Waals surface area contributed by atoms with Crippen molar-refractivity contribution in [2.75, 3.05) is 26.2 Å². The summed E-state index contributed by atoms with van der Waals surface area (Å²) in [4.78, 5) is 2.69. The number of aryl methyl sites for hydroxylation is 1. The van der Waals surface area contributed by atoms with Gasteiger partial charge in [0.25, 0.3) is 0 Å². The van der Waals surface area contributed by atoms with Gasteiger partial charge in [0.05, 0.1) is 0 Å². The number of rotatable bonds is 1. The van der Waals surface area contributed by atoms with Crippen LogP contribution in [0.3, 0.4) is 0 Å². The molecule has 2 nitrogen and oxygen atoms in total. The van der Waals surface area contributed by atoms with Crippen LogP contribution in [0, 0.1) is 6.92 Å². The Bertz CT molecular complexity index is 388. The first-order valence-corrected chi connectivity index (χ1v) is 6.84. The number of benzene rings is 1. The molecule has 0 bridgehead atoms. The monoisotopic (exact) mass is 230 g/mol. The van der Waals surface area contributed by atoms with Gasteiger partial charge in [0.1, 0.15) is 0 Å². The average molecular weight is 230 g/mol. The van der Waals surface area contributed by atoms with Gasteiger partial charge >= 0.3 is 0 Å². The van der Waals surface area contributed by atoms with E-state index in [9.17, 15) is 0 Å². The molecule has 17 heavy (non-hydrogen) atoms. The van der Waals surface area contributed by atoms with Crippen LogP contribution in [0.15, 0.2) is 24.3 Å². The van der Waals surface area contributed by atoms with Gasteiger partial charge in [0.15, 0.2) is 0 Å². The van der Waals surface area contributed by atoms with E-state index in [4.69, 9.17) is 0 Å². The first kappa shape index (κ1) is 11.2. The molecule has 3 rings (SSSR count). The molecule has 92 valence electrons. The summed E-state index contributed by atoms with van der Waals surface area (Å²) in [5, 5.41) is 3.51. The van der Waals surface area contributed by atoms with E-state index >= 15 is 0 Å². The summed E-state index contributed by atoms with van der Waals surface area (Å²) >= 11 is 0. The molecule has 2 fully saturated rings. The molecule has 0 radical (unpaired) electrons. The maximum Gasteiger partial charge on any atom is 0.0221 e. The Hall–Kier alpha value is -0.860.